The summed E-state index contributed by atoms with van der Waals surface area (Å²) in [5.74, 6) is 2.06. The number of thioether (sulfide) groups is 1. The Balaban J connectivity index is 2.83. The number of nitrogens with one attached hydrogen (secondary N) is 1. The first-order chi connectivity index (χ1) is 8.54. The summed E-state index contributed by atoms with van der Waals surface area (Å²) in [4.78, 5) is 0. The highest BCUT2D eigenvalue weighted by atomic mass is 32.2. The van der Waals surface area contributed by atoms with Gasteiger partial charge in [0.05, 0.1) is 6.10 Å². The van der Waals surface area contributed by atoms with Crippen LogP contribution in [0.4, 0.5) is 0 Å². The molecule has 1 aromatic carbocycles. The molecule has 1 rings (SSSR count). The maximum Gasteiger partial charge on any atom is 0.124 e. The summed E-state index contributed by atoms with van der Waals surface area (Å²) in [7, 11) is 2.01. The van der Waals surface area contributed by atoms with Gasteiger partial charge in [-0.1, -0.05) is 32.0 Å². The van der Waals surface area contributed by atoms with Crippen LogP contribution >= 0.6 is 11.8 Å². The van der Waals surface area contributed by atoms with E-state index in [2.05, 4.69) is 51.2 Å². The maximum absolute atomic E-state index is 5.89. The third-order valence-corrected chi connectivity index (χ3v) is 3.79. The highest BCUT2D eigenvalue weighted by Gasteiger charge is 2.15. The highest BCUT2D eigenvalue weighted by Crippen LogP contribution is 2.29. The fourth-order valence-electron chi connectivity index (χ4n) is 1.75. The van der Waals surface area contributed by atoms with Gasteiger partial charge < -0.3 is 10.1 Å². The quantitative estimate of drug-likeness (QED) is 0.810. The van der Waals surface area contributed by atoms with E-state index >= 15 is 0 Å². The second-order valence-electron chi connectivity index (χ2n) is 4.93. The van der Waals surface area contributed by atoms with Crippen LogP contribution < -0.4 is 10.1 Å². The van der Waals surface area contributed by atoms with Gasteiger partial charge >= 0.3 is 0 Å². The Hall–Kier alpha value is -0.670. The van der Waals surface area contributed by atoms with E-state index in [0.717, 1.165) is 11.5 Å². The standard InChI is InChI=1S/C15H25NOS/c1-11(2)17-15-9-7-6-8-13(15)14(16-5)10-18-12(3)4/h6-9,11-12,14,16H,10H2,1-5H3. The van der Waals surface area contributed by atoms with Gasteiger partial charge in [-0.3, -0.25) is 0 Å². The molecule has 102 valence electrons. The molecule has 1 aromatic rings. The first-order valence-corrected chi connectivity index (χ1v) is 7.64. The molecule has 0 saturated carbocycles. The molecule has 0 spiro atoms. The predicted molar refractivity (Wildman–Crippen MR) is 81.6 cm³/mol. The van der Waals surface area contributed by atoms with E-state index in [-0.39, 0.29) is 6.10 Å². The monoisotopic (exact) mass is 267 g/mol. The summed E-state index contributed by atoms with van der Waals surface area (Å²) in [6.45, 7) is 8.59. The first-order valence-electron chi connectivity index (χ1n) is 6.59. The zero-order chi connectivity index (χ0) is 13.5. The number of hydrogen-bond acceptors (Lipinski definition) is 3. The van der Waals surface area contributed by atoms with Crippen molar-refractivity contribution in [3.8, 4) is 5.75 Å². The van der Waals surface area contributed by atoms with Crippen molar-refractivity contribution in [2.24, 2.45) is 0 Å². The number of ether oxygens (including phenoxy) is 1. The van der Waals surface area contributed by atoms with Crippen molar-refractivity contribution in [3.63, 3.8) is 0 Å². The summed E-state index contributed by atoms with van der Waals surface area (Å²) in [6.07, 6.45) is 0.210. The van der Waals surface area contributed by atoms with E-state index < -0.39 is 0 Å². The first kappa shape index (κ1) is 15.4. The Morgan fingerprint density at radius 2 is 1.83 bits per heavy atom. The minimum atomic E-state index is 0.210. The minimum Gasteiger partial charge on any atom is -0.491 e. The smallest absolute Gasteiger partial charge is 0.124 e. The van der Waals surface area contributed by atoms with Gasteiger partial charge in [0.25, 0.3) is 0 Å². The number of para-hydroxylation sites is 1. The Morgan fingerprint density at radius 1 is 1.17 bits per heavy atom. The molecule has 0 amide bonds. The fourth-order valence-corrected chi connectivity index (χ4v) is 2.67. The average Bonchev–Trinajstić information content (AvgIpc) is 2.30. The van der Waals surface area contributed by atoms with Crippen molar-refractivity contribution in [3.05, 3.63) is 29.8 Å². The predicted octanol–water partition coefficient (Wildman–Crippen LogP) is 3.88. The van der Waals surface area contributed by atoms with Crippen molar-refractivity contribution in [2.45, 2.75) is 45.1 Å². The van der Waals surface area contributed by atoms with Crippen LogP contribution in [0.15, 0.2) is 24.3 Å². The molecule has 0 aliphatic carbocycles. The lowest BCUT2D eigenvalue weighted by Gasteiger charge is -2.22. The number of rotatable bonds is 7. The maximum atomic E-state index is 5.89. The van der Waals surface area contributed by atoms with Crippen LogP contribution in [0, 0.1) is 0 Å². The molecule has 0 bridgehead atoms. The van der Waals surface area contributed by atoms with Crippen LogP contribution in [0.5, 0.6) is 5.75 Å². The van der Waals surface area contributed by atoms with E-state index in [1.807, 2.05) is 24.9 Å². The Labute approximate surface area is 116 Å². The SMILES string of the molecule is CNC(CSC(C)C)c1ccccc1OC(C)C. The average molecular weight is 267 g/mol. The van der Waals surface area contributed by atoms with Gasteiger partial charge in [-0.15, -0.1) is 0 Å². The molecule has 0 aliphatic rings. The third kappa shape index (κ3) is 4.91. The third-order valence-electron chi connectivity index (χ3n) is 2.60. The van der Waals surface area contributed by atoms with E-state index in [1.165, 1.54) is 5.56 Å². The van der Waals surface area contributed by atoms with E-state index in [4.69, 9.17) is 4.74 Å². The second-order valence-corrected chi connectivity index (χ2v) is 6.54. The van der Waals surface area contributed by atoms with Crippen molar-refractivity contribution in [1.29, 1.82) is 0 Å². The van der Waals surface area contributed by atoms with Gasteiger partial charge in [0.2, 0.25) is 0 Å². The lowest BCUT2D eigenvalue weighted by Crippen LogP contribution is -2.21. The van der Waals surface area contributed by atoms with Gasteiger partial charge in [0.15, 0.2) is 0 Å². The summed E-state index contributed by atoms with van der Waals surface area (Å²) in [5.41, 5.74) is 1.25. The van der Waals surface area contributed by atoms with Gasteiger partial charge in [-0.05, 0) is 32.2 Å². The number of benzene rings is 1. The molecule has 0 heterocycles. The lowest BCUT2D eigenvalue weighted by molar-refractivity contribution is 0.238. The number of hydrogen-bond donors (Lipinski definition) is 1. The highest BCUT2D eigenvalue weighted by molar-refractivity contribution is 7.99. The molecule has 0 aliphatic heterocycles. The van der Waals surface area contributed by atoms with E-state index in [0.29, 0.717) is 11.3 Å². The van der Waals surface area contributed by atoms with Gasteiger partial charge in [-0.2, -0.15) is 11.8 Å². The topological polar surface area (TPSA) is 21.3 Å². The van der Waals surface area contributed by atoms with Gasteiger partial charge in [-0.25, -0.2) is 0 Å². The molecule has 3 heteroatoms. The van der Waals surface area contributed by atoms with Gasteiger partial charge in [0, 0.05) is 17.4 Å². The van der Waals surface area contributed by atoms with Crippen molar-refractivity contribution >= 4 is 11.8 Å². The second kappa shape index (κ2) is 7.70. The van der Waals surface area contributed by atoms with Crippen molar-refractivity contribution < 1.29 is 4.74 Å². The molecule has 0 saturated heterocycles. The van der Waals surface area contributed by atoms with Crippen molar-refractivity contribution in [1.82, 2.24) is 5.32 Å². The zero-order valence-electron chi connectivity index (χ0n) is 12.1. The Bertz CT molecular complexity index is 352. The summed E-state index contributed by atoms with van der Waals surface area (Å²) in [6, 6.07) is 8.66. The van der Waals surface area contributed by atoms with Crippen LogP contribution in [0.3, 0.4) is 0 Å². The molecule has 0 fully saturated rings. The fraction of sp³-hybridized carbons (Fsp3) is 0.600. The molecular formula is C15H25NOS. The lowest BCUT2D eigenvalue weighted by atomic mass is 10.1. The van der Waals surface area contributed by atoms with E-state index in [9.17, 15) is 0 Å². The normalized spacial score (nSPS) is 13.1. The molecule has 0 aromatic heterocycles. The zero-order valence-corrected chi connectivity index (χ0v) is 12.9. The molecule has 18 heavy (non-hydrogen) atoms. The van der Waals surface area contributed by atoms with Crippen molar-refractivity contribution in [2.75, 3.05) is 12.8 Å². The summed E-state index contributed by atoms with van der Waals surface area (Å²) >= 11 is 1.97. The molecule has 2 nitrogen and oxygen atoms in total. The summed E-state index contributed by atoms with van der Waals surface area (Å²) in [5, 5.41) is 4.04. The van der Waals surface area contributed by atoms with Crippen LogP contribution in [-0.4, -0.2) is 24.2 Å². The largest absolute Gasteiger partial charge is 0.491 e. The summed E-state index contributed by atoms with van der Waals surface area (Å²) < 4.78 is 5.89. The molecule has 0 radical (unpaired) electrons. The molecule has 1 N–H and O–H groups in total. The van der Waals surface area contributed by atoms with E-state index in [1.54, 1.807) is 0 Å². The van der Waals surface area contributed by atoms with Gasteiger partial charge in [0.1, 0.15) is 5.75 Å². The van der Waals surface area contributed by atoms with Crippen LogP contribution in [0.2, 0.25) is 0 Å². The van der Waals surface area contributed by atoms with Crippen LogP contribution in [0.1, 0.15) is 39.3 Å². The minimum absolute atomic E-state index is 0.210. The van der Waals surface area contributed by atoms with Crippen LogP contribution in [-0.2, 0) is 0 Å². The molecular weight excluding hydrogens is 242 g/mol. The van der Waals surface area contributed by atoms with Crippen LogP contribution in [0.25, 0.3) is 0 Å². The molecule has 1 unspecified atom stereocenters. The molecule has 1 atom stereocenters. The Morgan fingerprint density at radius 3 is 2.39 bits per heavy atom. The Kier molecular flexibility index (Phi) is 6.58.